The lowest BCUT2D eigenvalue weighted by molar-refractivity contribution is -0.366. The van der Waals surface area contributed by atoms with Gasteiger partial charge in [0, 0.05) is 83.1 Å². The Morgan fingerprint density at radius 3 is 1.12 bits per heavy atom. The van der Waals surface area contributed by atoms with Gasteiger partial charge in [-0.15, -0.1) is 0 Å². The zero-order chi connectivity index (χ0) is 87.7. The predicted molar refractivity (Wildman–Crippen MR) is 430 cm³/mol. The number of carbonyl (C=O) groups excluding carboxylic acids is 13. The van der Waals surface area contributed by atoms with E-state index in [1.165, 1.54) is 116 Å². The van der Waals surface area contributed by atoms with E-state index >= 15 is 4.79 Å². The molecule has 0 radical (unpaired) electrons. The summed E-state index contributed by atoms with van der Waals surface area (Å²) in [4.78, 5) is 174. The first-order valence-electron chi connectivity index (χ1n) is 43.5. The number of esters is 10. The van der Waals surface area contributed by atoms with Gasteiger partial charge in [-0.3, -0.25) is 62.3 Å². The molecule has 3 amide bonds. The third-order valence-electron chi connectivity index (χ3n) is 20.6. The first-order chi connectivity index (χ1) is 56.1. The van der Waals surface area contributed by atoms with E-state index < -0.39 is 214 Å². The molecule has 19 atom stereocenters. The molecule has 0 spiro atoms. The molecule has 3 aliphatic heterocycles. The average Bonchev–Trinajstić information content (AvgIpc) is 0.758. The van der Waals surface area contributed by atoms with E-state index in [2.05, 4.69) is 36.7 Å². The number of amides is 3. The molecule has 0 aromatic rings. The van der Waals surface area contributed by atoms with E-state index in [1.807, 2.05) is 0 Å². The standard InChI is InChI=1S/C86H145N3O29/c1-17-18-19-20-21-22-23-24-25-26-27-28-29-30-31-32-33-34-37-41-44-47-50-70(108-61(10)95)83(102)89-68(76(110-63(12)97)69(107-60(9)94)49-46-43-40-38-35-36-39-42-45-48-54(2)3)51-105-84-73(87-56(5)90)80(118-86-82(114-67(16)101)81(113-66(15)100)75(55(4)106-86)109-62(11)96)78(72(115-84)53-104-59(8)93)117-85-74(88-57(6)91)79(112-65(14)99)77(111-64(13)98)71(116-85)52-103-58(7)92/h54-55,68-82,84-86H,17-53H2,1-16H3,(H,87,90)(H,88,91)(H,89,102)/t55-,68+,69-,70-,71-,72-,73-,74-,75+,76+,77+,78-,79-,80-,81+,82-,84-,85+,86-/m1/s1. The molecule has 0 aromatic heterocycles. The van der Waals surface area contributed by atoms with Gasteiger partial charge in [-0.1, -0.05) is 213 Å². The van der Waals surface area contributed by atoms with Gasteiger partial charge in [0.25, 0.3) is 5.91 Å². The molecule has 3 heterocycles. The Hall–Kier alpha value is -7.13. The normalized spacial score (nSPS) is 24.0. The van der Waals surface area contributed by atoms with Crippen LogP contribution >= 0.6 is 0 Å². The fourth-order valence-corrected chi connectivity index (χ4v) is 15.2. The van der Waals surface area contributed by atoms with Crippen LogP contribution in [0.3, 0.4) is 0 Å². The fraction of sp³-hybridized carbons (Fsp3) is 0.849. The number of nitrogens with one attached hydrogen (secondary N) is 3. The van der Waals surface area contributed by atoms with Crippen molar-refractivity contribution in [3.05, 3.63) is 0 Å². The topological polar surface area (TPSA) is 406 Å². The number of rotatable bonds is 60. The highest BCUT2D eigenvalue weighted by Crippen LogP contribution is 2.38. The number of unbranched alkanes of at least 4 members (excludes halogenated alkanes) is 29. The number of hydrogen-bond acceptors (Lipinski definition) is 29. The molecular formula is C86H145N3O29. The third kappa shape index (κ3) is 43.9. The van der Waals surface area contributed by atoms with Crippen LogP contribution in [-0.2, 0) is 138 Å². The smallest absolute Gasteiger partial charge is 0.303 e. The summed E-state index contributed by atoms with van der Waals surface area (Å²) < 4.78 is 98.0. The largest absolute Gasteiger partial charge is 0.463 e. The van der Waals surface area contributed by atoms with Crippen molar-refractivity contribution in [1.29, 1.82) is 0 Å². The van der Waals surface area contributed by atoms with Gasteiger partial charge < -0.3 is 91.7 Å². The summed E-state index contributed by atoms with van der Waals surface area (Å²) in [5.74, 6) is -10.9. The van der Waals surface area contributed by atoms with Crippen LogP contribution in [0.15, 0.2) is 0 Å². The van der Waals surface area contributed by atoms with Crippen molar-refractivity contribution >= 4 is 77.4 Å². The molecule has 32 heteroatoms. The van der Waals surface area contributed by atoms with Crippen molar-refractivity contribution in [1.82, 2.24) is 16.0 Å². The second kappa shape index (κ2) is 59.6. The fourth-order valence-electron chi connectivity index (χ4n) is 15.2. The van der Waals surface area contributed by atoms with Crippen molar-refractivity contribution in [2.24, 2.45) is 5.92 Å². The second-order valence-corrected chi connectivity index (χ2v) is 32.1. The number of ether oxygens (including phenoxy) is 16. The van der Waals surface area contributed by atoms with Gasteiger partial charge in [0.1, 0.15) is 55.8 Å². The number of hydrogen-bond donors (Lipinski definition) is 3. The Morgan fingerprint density at radius 2 is 0.703 bits per heavy atom. The quantitative estimate of drug-likeness (QED) is 0.0289. The maximum atomic E-state index is 15.2. The van der Waals surface area contributed by atoms with Crippen LogP contribution in [0.1, 0.15) is 329 Å². The highest BCUT2D eigenvalue weighted by Gasteiger charge is 2.59. The minimum atomic E-state index is -2.00. The summed E-state index contributed by atoms with van der Waals surface area (Å²) in [6.07, 6.45) is 8.02. The molecule has 0 unspecified atom stereocenters. The Kier molecular flexibility index (Phi) is 53.0. The Balaban J connectivity index is 2.26. The van der Waals surface area contributed by atoms with E-state index in [1.54, 1.807) is 0 Å². The van der Waals surface area contributed by atoms with Crippen molar-refractivity contribution in [3.63, 3.8) is 0 Å². The van der Waals surface area contributed by atoms with Gasteiger partial charge in [0.2, 0.25) is 11.8 Å². The minimum absolute atomic E-state index is 0.0520. The van der Waals surface area contributed by atoms with Crippen molar-refractivity contribution in [3.8, 4) is 0 Å². The molecular weight excluding hydrogens is 1540 g/mol. The van der Waals surface area contributed by atoms with Crippen molar-refractivity contribution < 1.29 is 138 Å². The van der Waals surface area contributed by atoms with Crippen LogP contribution in [0.4, 0.5) is 0 Å². The summed E-state index contributed by atoms with van der Waals surface area (Å²) in [7, 11) is 0. The van der Waals surface area contributed by atoms with Crippen molar-refractivity contribution in [2.75, 3.05) is 19.8 Å². The van der Waals surface area contributed by atoms with Gasteiger partial charge in [-0.2, -0.15) is 0 Å². The van der Waals surface area contributed by atoms with Crippen LogP contribution in [0.25, 0.3) is 0 Å². The van der Waals surface area contributed by atoms with E-state index in [-0.39, 0.29) is 12.8 Å². The lowest BCUT2D eigenvalue weighted by Gasteiger charge is -2.51. The lowest BCUT2D eigenvalue weighted by atomic mass is 9.93. The maximum Gasteiger partial charge on any atom is 0.303 e. The molecule has 32 nitrogen and oxygen atoms in total. The molecule has 3 rings (SSSR count). The van der Waals surface area contributed by atoms with Crippen LogP contribution in [0.5, 0.6) is 0 Å². The molecule has 0 aliphatic carbocycles. The zero-order valence-corrected chi connectivity index (χ0v) is 73.5. The molecule has 0 saturated carbocycles. The SMILES string of the molecule is CCCCCCCCCCCCCCCCCCCCCCCC[C@@H](OC(C)=O)C(=O)N[C@@H](CO[C@@H]1O[C@H](COC(C)=O)[C@@H](O[C@@H]2O[C@H](COC(C)=O)[C@H](OC(C)=O)[C@H](OC(C)=O)[C@H]2NC(C)=O)[C@H](O[C@H]2O[C@H](C)[C@H](OC(C)=O)[C@H](OC(C)=O)[C@H]2OC(C)=O)[C@H]1NC(C)=O)[C@H](OC(C)=O)[C@@H](CCCCCCCCCCCC(C)C)OC(C)=O. The Labute approximate surface area is 699 Å². The highest BCUT2D eigenvalue weighted by molar-refractivity contribution is 5.84. The van der Waals surface area contributed by atoms with Crippen LogP contribution in [0, 0.1) is 5.92 Å². The van der Waals surface area contributed by atoms with E-state index in [0.717, 1.165) is 154 Å². The van der Waals surface area contributed by atoms with Crippen LogP contribution in [0.2, 0.25) is 0 Å². The maximum absolute atomic E-state index is 15.2. The summed E-state index contributed by atoms with van der Waals surface area (Å²) in [5.41, 5.74) is 0. The van der Waals surface area contributed by atoms with E-state index in [0.29, 0.717) is 31.6 Å². The first-order valence-corrected chi connectivity index (χ1v) is 43.5. The third-order valence-corrected chi connectivity index (χ3v) is 20.6. The summed E-state index contributed by atoms with van der Waals surface area (Å²) in [6, 6.07) is -5.15. The van der Waals surface area contributed by atoms with Crippen LogP contribution in [-0.4, -0.2) is 214 Å². The second-order valence-electron chi connectivity index (χ2n) is 32.1. The van der Waals surface area contributed by atoms with Gasteiger partial charge in [-0.05, 0) is 38.5 Å². The molecule has 3 aliphatic rings. The number of carbonyl (C=O) groups is 13. The zero-order valence-electron chi connectivity index (χ0n) is 73.5. The van der Waals surface area contributed by atoms with Gasteiger partial charge in [0.05, 0.1) is 18.8 Å². The van der Waals surface area contributed by atoms with Gasteiger partial charge in [0.15, 0.2) is 61.6 Å². The average molecular weight is 1690 g/mol. The Bertz CT molecular complexity index is 3010. The van der Waals surface area contributed by atoms with Gasteiger partial charge >= 0.3 is 59.7 Å². The molecule has 118 heavy (non-hydrogen) atoms. The molecule has 3 saturated heterocycles. The van der Waals surface area contributed by atoms with Crippen LogP contribution < -0.4 is 16.0 Å². The Morgan fingerprint density at radius 1 is 0.339 bits per heavy atom. The summed E-state index contributed by atoms with van der Waals surface area (Å²) in [5, 5.41) is 8.27. The molecule has 3 fully saturated rings. The molecule has 0 bridgehead atoms. The molecule has 0 aromatic carbocycles. The highest BCUT2D eigenvalue weighted by atomic mass is 16.8. The minimum Gasteiger partial charge on any atom is -0.463 e. The molecule has 3 N–H and O–H groups in total. The monoisotopic (exact) mass is 1680 g/mol. The lowest BCUT2D eigenvalue weighted by Crippen LogP contribution is -2.71. The van der Waals surface area contributed by atoms with Crippen molar-refractivity contribution in [2.45, 2.75) is 445 Å². The first kappa shape index (κ1) is 105. The van der Waals surface area contributed by atoms with E-state index in [9.17, 15) is 57.5 Å². The van der Waals surface area contributed by atoms with Gasteiger partial charge in [-0.25, -0.2) is 0 Å². The van der Waals surface area contributed by atoms with E-state index in [4.69, 9.17) is 75.8 Å². The summed E-state index contributed by atoms with van der Waals surface area (Å²) >= 11 is 0. The summed E-state index contributed by atoms with van der Waals surface area (Å²) in [6.45, 7) is 18.5. The molecule has 678 valence electrons. The predicted octanol–water partition coefficient (Wildman–Crippen LogP) is 12.0.